The largest absolute Gasteiger partial charge is 0.442 e. The molecule has 12 heteroatoms. The molecule has 4 rings (SSSR count). The van der Waals surface area contributed by atoms with Crippen LogP contribution in [0, 0.1) is 11.7 Å². The molecule has 33 heavy (non-hydrogen) atoms. The number of thiocarbonyl (C=S) groups is 1. The molecule has 1 amide bonds. The maximum absolute atomic E-state index is 14.9. The number of benzene rings is 1. The lowest BCUT2D eigenvalue weighted by Crippen LogP contribution is -2.50. The van der Waals surface area contributed by atoms with E-state index in [0.29, 0.717) is 43.5 Å². The molecule has 2 aliphatic heterocycles. The van der Waals surface area contributed by atoms with Gasteiger partial charge in [-0.3, -0.25) is 4.90 Å². The van der Waals surface area contributed by atoms with Crippen LogP contribution >= 0.6 is 12.2 Å². The summed E-state index contributed by atoms with van der Waals surface area (Å²) in [6.45, 7) is 1.78. The molecule has 9 nitrogen and oxygen atoms in total. The number of nitrogens with two attached hydrogens (primary N) is 1. The molecule has 0 spiro atoms. The second-order valence-electron chi connectivity index (χ2n) is 8.76. The van der Waals surface area contributed by atoms with Crippen LogP contribution in [-0.2, 0) is 14.9 Å². The van der Waals surface area contributed by atoms with Gasteiger partial charge in [0.25, 0.3) is 10.2 Å². The van der Waals surface area contributed by atoms with Crippen LogP contribution in [0.25, 0.3) is 0 Å². The number of nitrogens with one attached hydrogen (secondary N) is 1. The number of amides is 1. The molecule has 0 bridgehead atoms. The smallest absolute Gasteiger partial charge is 0.414 e. The predicted octanol–water partition coefficient (Wildman–Crippen LogP) is 1.97. The number of hydrogen-bond acceptors (Lipinski definition) is 6. The fraction of sp³-hybridized carbons (Fsp3) is 0.619. The maximum atomic E-state index is 14.9. The quantitative estimate of drug-likeness (QED) is 0.576. The van der Waals surface area contributed by atoms with Crippen molar-refractivity contribution >= 4 is 44.9 Å². The van der Waals surface area contributed by atoms with Gasteiger partial charge in [-0.25, -0.2) is 14.3 Å². The second kappa shape index (κ2) is 10.1. The average molecular weight is 500 g/mol. The lowest BCUT2D eigenvalue weighted by Gasteiger charge is -2.34. The molecule has 1 atom stereocenters. The summed E-state index contributed by atoms with van der Waals surface area (Å²) in [6.07, 6.45) is 4.97. The number of nitrogens with zero attached hydrogens (tertiary/aromatic N) is 3. The summed E-state index contributed by atoms with van der Waals surface area (Å²) in [5, 5.41) is 8.41. The van der Waals surface area contributed by atoms with Gasteiger partial charge in [0.1, 0.15) is 11.9 Å². The van der Waals surface area contributed by atoms with E-state index >= 15 is 0 Å². The Kier molecular flexibility index (Phi) is 7.37. The summed E-state index contributed by atoms with van der Waals surface area (Å²) >= 11 is 5.52. The maximum Gasteiger partial charge on any atom is 0.414 e. The normalized spacial score (nSPS) is 23.0. The van der Waals surface area contributed by atoms with E-state index in [-0.39, 0.29) is 19.2 Å². The Morgan fingerprint density at radius 2 is 1.88 bits per heavy atom. The summed E-state index contributed by atoms with van der Waals surface area (Å²) in [7, 11) is -3.75. The first-order valence-corrected chi connectivity index (χ1v) is 13.2. The molecule has 2 saturated heterocycles. The fourth-order valence-corrected chi connectivity index (χ4v) is 5.66. The second-order valence-corrected chi connectivity index (χ2v) is 10.7. The number of carbonyl (C=O) groups is 1. The van der Waals surface area contributed by atoms with Crippen molar-refractivity contribution in [3.63, 3.8) is 0 Å². The number of halogens is 1. The van der Waals surface area contributed by atoms with E-state index in [1.807, 2.05) is 0 Å². The molecule has 3 fully saturated rings. The zero-order chi connectivity index (χ0) is 23.6. The lowest BCUT2D eigenvalue weighted by atomic mass is 9.89. The number of rotatable bonds is 6. The van der Waals surface area contributed by atoms with Crippen LogP contribution in [0.2, 0.25) is 0 Å². The highest BCUT2D eigenvalue weighted by atomic mass is 32.2. The minimum Gasteiger partial charge on any atom is -0.442 e. The van der Waals surface area contributed by atoms with Crippen molar-refractivity contribution in [3.05, 3.63) is 24.0 Å². The molecule has 1 aliphatic carbocycles. The van der Waals surface area contributed by atoms with Crippen molar-refractivity contribution in [2.24, 2.45) is 11.1 Å². The first-order valence-electron chi connectivity index (χ1n) is 11.3. The number of ether oxygens (including phenoxy) is 1. The van der Waals surface area contributed by atoms with E-state index < -0.39 is 22.1 Å². The highest BCUT2D eigenvalue weighted by Gasteiger charge is 2.33. The number of cyclic esters (lactones) is 1. The predicted molar refractivity (Wildman–Crippen MR) is 128 cm³/mol. The Morgan fingerprint density at radius 1 is 1.18 bits per heavy atom. The third kappa shape index (κ3) is 5.73. The first kappa shape index (κ1) is 24.1. The van der Waals surface area contributed by atoms with Gasteiger partial charge < -0.3 is 15.0 Å². The van der Waals surface area contributed by atoms with Gasteiger partial charge >= 0.3 is 6.09 Å². The van der Waals surface area contributed by atoms with Crippen molar-refractivity contribution in [2.75, 3.05) is 49.1 Å². The molecule has 182 valence electrons. The summed E-state index contributed by atoms with van der Waals surface area (Å²) in [4.78, 5) is 16.4. The van der Waals surface area contributed by atoms with Gasteiger partial charge in [0.15, 0.2) is 0 Å². The Balaban J connectivity index is 1.33. The van der Waals surface area contributed by atoms with Gasteiger partial charge in [0, 0.05) is 32.1 Å². The van der Waals surface area contributed by atoms with Crippen LogP contribution in [-0.4, -0.2) is 69.2 Å². The number of hydrogen-bond donors (Lipinski definition) is 2. The molecule has 1 aromatic rings. The molecule has 3 N–H and O–H groups in total. The summed E-state index contributed by atoms with van der Waals surface area (Å²) in [6, 6.07) is 4.59. The number of piperazine rings is 1. The lowest BCUT2D eigenvalue weighted by molar-refractivity contribution is 0.142. The highest BCUT2D eigenvalue weighted by molar-refractivity contribution is 7.86. The SMILES string of the molecule is NS(=O)(=O)N1CCN(c2ccc(N3CC(CNC(=S)C4CCCCC4)OC3=O)cc2F)CC1. The summed E-state index contributed by atoms with van der Waals surface area (Å²) < 4.78 is 44.4. The highest BCUT2D eigenvalue weighted by Crippen LogP contribution is 2.29. The molecular weight excluding hydrogens is 469 g/mol. The number of carbonyl (C=O) groups excluding carboxylic acids is 1. The minimum atomic E-state index is -3.75. The molecule has 3 aliphatic rings. The van der Waals surface area contributed by atoms with Crippen LogP contribution in [0.3, 0.4) is 0 Å². The van der Waals surface area contributed by atoms with Gasteiger partial charge in [0.05, 0.1) is 29.5 Å². The topological polar surface area (TPSA) is 108 Å². The zero-order valence-electron chi connectivity index (χ0n) is 18.4. The van der Waals surface area contributed by atoms with E-state index in [1.54, 1.807) is 17.0 Å². The van der Waals surface area contributed by atoms with Crippen LogP contribution in [0.4, 0.5) is 20.6 Å². The molecule has 0 radical (unpaired) electrons. The van der Waals surface area contributed by atoms with Crippen LogP contribution < -0.4 is 20.3 Å². The molecule has 1 unspecified atom stereocenters. The molecule has 1 aromatic carbocycles. The Morgan fingerprint density at radius 3 is 2.52 bits per heavy atom. The van der Waals surface area contributed by atoms with Crippen molar-refractivity contribution in [3.8, 4) is 0 Å². The van der Waals surface area contributed by atoms with E-state index in [4.69, 9.17) is 22.1 Å². The van der Waals surface area contributed by atoms with Gasteiger partial charge in [0.2, 0.25) is 0 Å². The third-order valence-electron chi connectivity index (χ3n) is 6.54. The van der Waals surface area contributed by atoms with Crippen LogP contribution in [0.1, 0.15) is 32.1 Å². The van der Waals surface area contributed by atoms with Crippen molar-refractivity contribution in [1.29, 1.82) is 0 Å². The molecular formula is C21H30FN5O4S2. The third-order valence-corrected chi connectivity index (χ3v) is 8.10. The van der Waals surface area contributed by atoms with Gasteiger partial charge in [-0.15, -0.1) is 0 Å². The summed E-state index contributed by atoms with van der Waals surface area (Å²) in [5.41, 5.74) is 0.776. The Hall–Kier alpha value is -2.02. The van der Waals surface area contributed by atoms with Crippen molar-refractivity contribution in [1.82, 2.24) is 9.62 Å². The van der Waals surface area contributed by atoms with Gasteiger partial charge in [-0.1, -0.05) is 31.5 Å². The Bertz CT molecular complexity index is 994. The van der Waals surface area contributed by atoms with Crippen molar-refractivity contribution in [2.45, 2.75) is 38.2 Å². The molecule has 1 saturated carbocycles. The van der Waals surface area contributed by atoms with E-state index in [2.05, 4.69) is 5.32 Å². The van der Waals surface area contributed by atoms with Gasteiger partial charge in [-0.2, -0.15) is 12.7 Å². The van der Waals surface area contributed by atoms with E-state index in [0.717, 1.165) is 17.8 Å². The van der Waals surface area contributed by atoms with Crippen molar-refractivity contribution < 1.29 is 22.3 Å². The minimum absolute atomic E-state index is 0.190. The van der Waals surface area contributed by atoms with Gasteiger partial charge in [-0.05, 0) is 31.0 Å². The fourth-order valence-electron chi connectivity index (χ4n) is 4.67. The monoisotopic (exact) mass is 499 g/mol. The zero-order valence-corrected chi connectivity index (χ0v) is 20.0. The summed E-state index contributed by atoms with van der Waals surface area (Å²) in [5.74, 6) is -0.0835. The van der Waals surface area contributed by atoms with E-state index in [9.17, 15) is 17.6 Å². The molecule has 2 heterocycles. The standard InChI is InChI=1S/C21H30FN5O4S2/c22-18-12-16(6-7-19(18)25-8-10-26(11-9-25)33(23,29)30)27-14-17(31-21(27)28)13-24-20(32)15-4-2-1-3-5-15/h6-7,12,15,17H,1-5,8-11,13-14H2,(H,24,32)(H2,23,29,30). The first-order chi connectivity index (χ1) is 15.7. The van der Waals surface area contributed by atoms with Crippen LogP contribution in [0.5, 0.6) is 0 Å². The van der Waals surface area contributed by atoms with Crippen LogP contribution in [0.15, 0.2) is 18.2 Å². The Labute approximate surface area is 199 Å². The molecule has 0 aromatic heterocycles. The average Bonchev–Trinajstić information content (AvgIpc) is 3.18. The number of anilines is 2. The van der Waals surface area contributed by atoms with E-state index in [1.165, 1.54) is 34.5 Å².